The second-order valence-electron chi connectivity index (χ2n) is 7.89. The van der Waals surface area contributed by atoms with E-state index >= 15 is 0 Å². The van der Waals surface area contributed by atoms with Crippen LogP contribution in [0.2, 0.25) is 0 Å². The van der Waals surface area contributed by atoms with Crippen molar-refractivity contribution in [3.63, 3.8) is 0 Å². The van der Waals surface area contributed by atoms with Crippen molar-refractivity contribution in [3.8, 4) is 22.6 Å². The number of fused-ring (bicyclic) bond motifs is 1. The fraction of sp³-hybridized carbons (Fsp3) is 0.0769. The Morgan fingerprint density at radius 1 is 1.00 bits per heavy atom. The molecule has 5 rings (SSSR count). The summed E-state index contributed by atoms with van der Waals surface area (Å²) in [5.74, 6) is 0.491. The molecule has 1 unspecified atom stereocenters. The van der Waals surface area contributed by atoms with Crippen LogP contribution in [0.25, 0.3) is 27.7 Å². The van der Waals surface area contributed by atoms with Crippen molar-refractivity contribution in [1.82, 2.24) is 9.72 Å². The molecule has 5 aromatic rings. The maximum absolute atomic E-state index is 14.0. The van der Waals surface area contributed by atoms with Gasteiger partial charge in [-0.1, -0.05) is 17.3 Å². The zero-order valence-corrected chi connectivity index (χ0v) is 19.6. The minimum absolute atomic E-state index is 0.250. The summed E-state index contributed by atoms with van der Waals surface area (Å²) in [6.07, 6.45) is 1.38. The molecule has 2 heterocycles. The molecule has 176 valence electrons. The fourth-order valence-corrected chi connectivity index (χ4v) is 4.79. The first-order chi connectivity index (χ1) is 16.9. The van der Waals surface area contributed by atoms with Gasteiger partial charge in [0.1, 0.15) is 17.8 Å². The zero-order valence-electron chi connectivity index (χ0n) is 18.8. The lowest BCUT2D eigenvalue weighted by Crippen LogP contribution is -2.18. The Bertz CT molecular complexity index is 1610. The minimum atomic E-state index is -1.57. The maximum Gasteiger partial charge on any atom is 0.255 e. The summed E-state index contributed by atoms with van der Waals surface area (Å²) in [4.78, 5) is 13.5. The number of hydrogen-bond donors (Lipinski definition) is 1. The number of rotatable bonds is 6. The average molecular weight is 490 g/mol. The molecule has 0 spiro atoms. The van der Waals surface area contributed by atoms with Gasteiger partial charge in [0.2, 0.25) is 0 Å². The first-order valence-corrected chi connectivity index (χ1v) is 11.8. The molecular weight excluding hydrogens is 469 g/mol. The van der Waals surface area contributed by atoms with Crippen LogP contribution in [-0.4, -0.2) is 21.0 Å². The third kappa shape index (κ3) is 4.45. The number of aryl methyl sites for hydroxylation is 1. The topological polar surface area (TPSA) is 86.4 Å². The lowest BCUT2D eigenvalue weighted by molar-refractivity contribution is 0.413. The van der Waals surface area contributed by atoms with E-state index in [9.17, 15) is 13.4 Å². The van der Waals surface area contributed by atoms with E-state index in [0.29, 0.717) is 38.6 Å². The van der Waals surface area contributed by atoms with E-state index in [1.807, 2.05) is 19.1 Å². The largest absolute Gasteiger partial charge is 0.495 e. The molecule has 0 aliphatic carbocycles. The molecule has 1 atom stereocenters. The molecule has 0 fully saturated rings. The van der Waals surface area contributed by atoms with Gasteiger partial charge in [0.25, 0.3) is 5.56 Å². The fourth-order valence-electron chi connectivity index (χ4n) is 3.95. The van der Waals surface area contributed by atoms with Crippen molar-refractivity contribution >= 4 is 27.7 Å². The van der Waals surface area contributed by atoms with Gasteiger partial charge in [-0.2, -0.15) is 0 Å². The van der Waals surface area contributed by atoms with Crippen molar-refractivity contribution in [2.75, 3.05) is 11.8 Å². The van der Waals surface area contributed by atoms with Crippen molar-refractivity contribution in [3.05, 3.63) is 101 Å². The molecule has 0 aliphatic rings. The van der Waals surface area contributed by atoms with Gasteiger partial charge in [0.15, 0.2) is 16.8 Å². The first-order valence-electron chi connectivity index (χ1n) is 10.6. The summed E-state index contributed by atoms with van der Waals surface area (Å²) in [6, 6.07) is 20.0. The number of methoxy groups -OCH3 is 1. The summed E-state index contributed by atoms with van der Waals surface area (Å²) >= 11 is 0. The van der Waals surface area contributed by atoms with Crippen LogP contribution >= 0.6 is 0 Å². The highest BCUT2D eigenvalue weighted by molar-refractivity contribution is 7.86. The Morgan fingerprint density at radius 2 is 1.86 bits per heavy atom. The maximum atomic E-state index is 14.0. The lowest BCUT2D eigenvalue weighted by atomic mass is 10.0. The van der Waals surface area contributed by atoms with E-state index in [0.717, 1.165) is 11.1 Å². The van der Waals surface area contributed by atoms with Gasteiger partial charge >= 0.3 is 0 Å². The van der Waals surface area contributed by atoms with E-state index in [4.69, 9.17) is 9.26 Å². The highest BCUT2D eigenvalue weighted by atomic mass is 32.2. The predicted molar refractivity (Wildman–Crippen MR) is 133 cm³/mol. The monoisotopic (exact) mass is 489 g/mol. The van der Waals surface area contributed by atoms with E-state index in [1.165, 1.54) is 36.1 Å². The molecule has 1 N–H and O–H groups in total. The Labute approximate surface area is 202 Å². The van der Waals surface area contributed by atoms with Crippen molar-refractivity contribution in [1.29, 1.82) is 0 Å². The van der Waals surface area contributed by atoms with Gasteiger partial charge in [-0.3, -0.25) is 14.1 Å². The standard InChI is InChI=1S/C26H20FN3O4S/c1-16-11-19(13-20(27)12-16)17-3-6-23(24(15-17)33-2)30-22-7-5-21(14-18(22)4-8-26(30)31)35(32)29-25-9-10-34-28-25/h3-15H,1-2H3,(H,28,29). The van der Waals surface area contributed by atoms with E-state index in [2.05, 4.69) is 9.88 Å². The molecule has 2 aromatic heterocycles. The molecule has 9 heteroatoms. The van der Waals surface area contributed by atoms with Gasteiger partial charge in [0.05, 0.1) is 23.2 Å². The Kier molecular flexibility index (Phi) is 5.92. The third-order valence-corrected chi connectivity index (χ3v) is 6.59. The van der Waals surface area contributed by atoms with Crippen LogP contribution in [0.3, 0.4) is 0 Å². The first kappa shape index (κ1) is 22.5. The molecule has 0 bridgehead atoms. The Hall–Kier alpha value is -4.24. The zero-order chi connectivity index (χ0) is 24.5. The number of benzene rings is 3. The highest BCUT2D eigenvalue weighted by Crippen LogP contribution is 2.32. The van der Waals surface area contributed by atoms with E-state index < -0.39 is 11.0 Å². The van der Waals surface area contributed by atoms with Crippen LogP contribution in [0.4, 0.5) is 10.2 Å². The molecule has 3 aromatic carbocycles. The molecule has 0 radical (unpaired) electrons. The number of aromatic nitrogens is 2. The van der Waals surface area contributed by atoms with Gasteiger partial charge < -0.3 is 9.26 Å². The van der Waals surface area contributed by atoms with E-state index in [1.54, 1.807) is 42.5 Å². The summed E-state index contributed by atoms with van der Waals surface area (Å²) in [5.41, 5.74) is 3.18. The third-order valence-electron chi connectivity index (χ3n) is 5.51. The number of pyridine rings is 1. The number of hydrogen-bond acceptors (Lipinski definition) is 5. The molecule has 35 heavy (non-hydrogen) atoms. The summed E-state index contributed by atoms with van der Waals surface area (Å²) in [7, 11) is -0.0545. The summed E-state index contributed by atoms with van der Waals surface area (Å²) in [5, 5.41) is 4.42. The van der Waals surface area contributed by atoms with Crippen LogP contribution in [0.15, 0.2) is 93.3 Å². The van der Waals surface area contributed by atoms with Crippen LogP contribution in [-0.2, 0) is 11.0 Å². The lowest BCUT2D eigenvalue weighted by Gasteiger charge is -2.16. The number of anilines is 1. The molecule has 0 amide bonds. The normalized spacial score (nSPS) is 12.0. The molecule has 7 nitrogen and oxygen atoms in total. The number of ether oxygens (including phenoxy) is 1. The number of nitrogens with zero attached hydrogens (tertiary/aromatic N) is 2. The minimum Gasteiger partial charge on any atom is -0.495 e. The Balaban J connectivity index is 1.58. The molecular formula is C26H20FN3O4S. The highest BCUT2D eigenvalue weighted by Gasteiger charge is 2.15. The molecule has 0 aliphatic heterocycles. The summed E-state index contributed by atoms with van der Waals surface area (Å²) in [6.45, 7) is 1.83. The number of nitrogens with one attached hydrogen (secondary N) is 1. The van der Waals surface area contributed by atoms with Gasteiger partial charge in [-0.05, 0) is 72.1 Å². The number of halogens is 1. The summed E-state index contributed by atoms with van der Waals surface area (Å²) < 4.78 is 41.3. The van der Waals surface area contributed by atoms with Crippen molar-refractivity contribution < 1.29 is 17.9 Å². The molecule has 0 saturated carbocycles. The van der Waals surface area contributed by atoms with Crippen LogP contribution < -0.4 is 15.0 Å². The molecule has 0 saturated heterocycles. The van der Waals surface area contributed by atoms with Crippen molar-refractivity contribution in [2.45, 2.75) is 11.8 Å². The second-order valence-corrected chi connectivity index (χ2v) is 9.10. The van der Waals surface area contributed by atoms with E-state index in [-0.39, 0.29) is 11.4 Å². The Morgan fingerprint density at radius 3 is 2.60 bits per heavy atom. The predicted octanol–water partition coefficient (Wildman–Crippen LogP) is 5.24. The quantitative estimate of drug-likeness (QED) is 0.353. The van der Waals surface area contributed by atoms with Crippen molar-refractivity contribution in [2.24, 2.45) is 0 Å². The smallest absolute Gasteiger partial charge is 0.255 e. The second kappa shape index (κ2) is 9.19. The van der Waals surface area contributed by atoms with Gasteiger partial charge in [-0.25, -0.2) is 8.60 Å². The van der Waals surface area contributed by atoms with Crippen LogP contribution in [0, 0.1) is 12.7 Å². The average Bonchev–Trinajstić information content (AvgIpc) is 3.36. The van der Waals surface area contributed by atoms with Crippen LogP contribution in [0.1, 0.15) is 5.56 Å². The van der Waals surface area contributed by atoms with Crippen LogP contribution in [0.5, 0.6) is 5.75 Å². The van der Waals surface area contributed by atoms with Gasteiger partial charge in [-0.15, -0.1) is 0 Å². The van der Waals surface area contributed by atoms with Gasteiger partial charge in [0, 0.05) is 17.5 Å². The SMILES string of the molecule is COc1cc(-c2cc(C)cc(F)c2)ccc1-n1c(=O)ccc2cc(S(=O)Nc3ccon3)ccc21.